The second-order valence-corrected chi connectivity index (χ2v) is 6.33. The summed E-state index contributed by atoms with van der Waals surface area (Å²) in [6.45, 7) is 2.25. The lowest BCUT2D eigenvalue weighted by atomic mass is 9.89. The Kier molecular flexibility index (Phi) is 3.50. The molecule has 3 heterocycles. The van der Waals surface area contributed by atoms with Crippen LogP contribution in [0.2, 0.25) is 0 Å². The molecule has 1 aromatic carbocycles. The lowest BCUT2D eigenvalue weighted by molar-refractivity contribution is 0.256. The van der Waals surface area contributed by atoms with Crippen LogP contribution in [0.25, 0.3) is 22.3 Å². The number of piperidine rings is 1. The Bertz CT molecular complexity index is 834. The summed E-state index contributed by atoms with van der Waals surface area (Å²) in [7, 11) is 2.17. The zero-order valence-electron chi connectivity index (χ0n) is 13.2. The van der Waals surface area contributed by atoms with Crippen molar-refractivity contribution in [1.82, 2.24) is 20.1 Å². The molecule has 3 aromatic rings. The monoisotopic (exact) mass is 308 g/mol. The molecule has 118 valence electrons. The minimum Gasteiger partial charge on any atom is -0.507 e. The number of likely N-dealkylation sites (tertiary alicyclic amines) is 1. The predicted octanol–water partition coefficient (Wildman–Crippen LogP) is 3.14. The van der Waals surface area contributed by atoms with E-state index in [4.69, 9.17) is 0 Å². The molecule has 0 atom stereocenters. The summed E-state index contributed by atoms with van der Waals surface area (Å²) in [5.74, 6) is 0.791. The van der Waals surface area contributed by atoms with E-state index < -0.39 is 0 Å². The molecule has 0 radical (unpaired) electrons. The highest BCUT2D eigenvalue weighted by atomic mass is 16.3. The Balaban J connectivity index is 1.76. The van der Waals surface area contributed by atoms with Crippen molar-refractivity contribution in [3.05, 3.63) is 42.1 Å². The van der Waals surface area contributed by atoms with Crippen molar-refractivity contribution < 1.29 is 5.11 Å². The van der Waals surface area contributed by atoms with E-state index in [2.05, 4.69) is 33.3 Å². The number of rotatable bonds is 2. The molecule has 23 heavy (non-hydrogen) atoms. The highest BCUT2D eigenvalue weighted by Gasteiger charge is 2.22. The standard InChI is InChI=1S/C18H20N4O/c1-22-8-6-12(7-9-22)15-11-19-18-14(15)10-16(20-21-18)13-4-2-3-5-17(13)23/h2-5,10-12,23H,6-9H2,1H3,(H,19,21). The molecule has 0 saturated carbocycles. The van der Waals surface area contributed by atoms with E-state index in [1.807, 2.05) is 24.3 Å². The van der Waals surface area contributed by atoms with E-state index in [1.54, 1.807) is 6.07 Å². The molecular formula is C18H20N4O. The molecular weight excluding hydrogens is 288 g/mol. The molecule has 2 aromatic heterocycles. The van der Waals surface area contributed by atoms with Crippen molar-refractivity contribution in [3.63, 3.8) is 0 Å². The molecule has 1 aliphatic rings. The second kappa shape index (κ2) is 5.66. The third-order valence-electron chi connectivity index (χ3n) is 4.81. The highest BCUT2D eigenvalue weighted by molar-refractivity contribution is 5.84. The number of phenols is 1. The molecule has 5 heteroatoms. The maximum atomic E-state index is 10.1. The van der Waals surface area contributed by atoms with Crippen LogP contribution in [0.1, 0.15) is 24.3 Å². The molecule has 0 amide bonds. The van der Waals surface area contributed by atoms with Crippen molar-refractivity contribution in [2.45, 2.75) is 18.8 Å². The summed E-state index contributed by atoms with van der Waals surface area (Å²) < 4.78 is 0. The van der Waals surface area contributed by atoms with Crippen LogP contribution in [0.15, 0.2) is 36.5 Å². The lowest BCUT2D eigenvalue weighted by Crippen LogP contribution is -2.29. The first-order chi connectivity index (χ1) is 11.2. The summed E-state index contributed by atoms with van der Waals surface area (Å²) in [6.07, 6.45) is 4.40. The molecule has 4 rings (SSSR count). The summed E-state index contributed by atoms with van der Waals surface area (Å²) in [6, 6.07) is 9.30. The number of fused-ring (bicyclic) bond motifs is 1. The summed E-state index contributed by atoms with van der Waals surface area (Å²) in [5.41, 5.74) is 3.57. The largest absolute Gasteiger partial charge is 0.507 e. The van der Waals surface area contributed by atoms with Gasteiger partial charge in [0.2, 0.25) is 0 Å². The number of hydrogen-bond acceptors (Lipinski definition) is 4. The van der Waals surface area contributed by atoms with Gasteiger partial charge in [0, 0.05) is 17.1 Å². The van der Waals surface area contributed by atoms with Gasteiger partial charge in [-0.1, -0.05) is 12.1 Å². The average Bonchev–Trinajstić information content (AvgIpc) is 2.99. The lowest BCUT2D eigenvalue weighted by Gasteiger charge is -2.28. The number of aromatic hydroxyl groups is 1. The maximum absolute atomic E-state index is 10.1. The van der Waals surface area contributed by atoms with Crippen molar-refractivity contribution >= 4 is 11.0 Å². The average molecular weight is 308 g/mol. The number of aromatic amines is 1. The van der Waals surface area contributed by atoms with E-state index in [9.17, 15) is 5.11 Å². The summed E-state index contributed by atoms with van der Waals surface area (Å²) >= 11 is 0. The molecule has 0 bridgehead atoms. The molecule has 0 spiro atoms. The Labute approximate surface area is 135 Å². The number of phenolic OH excluding ortho intramolecular Hbond substituents is 1. The summed E-state index contributed by atoms with van der Waals surface area (Å²) in [5, 5.41) is 19.7. The van der Waals surface area contributed by atoms with Gasteiger partial charge in [-0.25, -0.2) is 0 Å². The van der Waals surface area contributed by atoms with Gasteiger partial charge in [0.25, 0.3) is 0 Å². The second-order valence-electron chi connectivity index (χ2n) is 6.33. The number of nitrogens with zero attached hydrogens (tertiary/aromatic N) is 3. The fourth-order valence-electron chi connectivity index (χ4n) is 3.42. The fourth-order valence-corrected chi connectivity index (χ4v) is 3.42. The maximum Gasteiger partial charge on any atom is 0.160 e. The first-order valence-electron chi connectivity index (χ1n) is 8.04. The van der Waals surface area contributed by atoms with Gasteiger partial charge in [-0.3, -0.25) is 0 Å². The third-order valence-corrected chi connectivity index (χ3v) is 4.81. The van der Waals surface area contributed by atoms with Gasteiger partial charge in [-0.05, 0) is 62.7 Å². The van der Waals surface area contributed by atoms with Crippen LogP contribution >= 0.6 is 0 Å². The van der Waals surface area contributed by atoms with Gasteiger partial charge < -0.3 is 15.0 Å². The Morgan fingerprint density at radius 2 is 1.96 bits per heavy atom. The van der Waals surface area contributed by atoms with E-state index in [0.717, 1.165) is 42.5 Å². The van der Waals surface area contributed by atoms with Gasteiger partial charge in [0.15, 0.2) is 5.65 Å². The molecule has 0 aliphatic carbocycles. The third kappa shape index (κ3) is 2.57. The van der Waals surface area contributed by atoms with Crippen LogP contribution in [-0.2, 0) is 0 Å². The smallest absolute Gasteiger partial charge is 0.160 e. The first-order valence-corrected chi connectivity index (χ1v) is 8.04. The minimum atomic E-state index is 0.234. The van der Waals surface area contributed by atoms with Gasteiger partial charge in [-0.15, -0.1) is 10.2 Å². The van der Waals surface area contributed by atoms with Gasteiger partial charge >= 0.3 is 0 Å². The van der Waals surface area contributed by atoms with E-state index in [1.165, 1.54) is 5.56 Å². The minimum absolute atomic E-state index is 0.234. The van der Waals surface area contributed by atoms with Gasteiger partial charge in [-0.2, -0.15) is 0 Å². The van der Waals surface area contributed by atoms with Crippen molar-refractivity contribution in [1.29, 1.82) is 0 Å². The van der Waals surface area contributed by atoms with Crippen LogP contribution in [-0.4, -0.2) is 45.3 Å². The van der Waals surface area contributed by atoms with Crippen LogP contribution in [0, 0.1) is 0 Å². The predicted molar refractivity (Wildman–Crippen MR) is 90.5 cm³/mol. The zero-order valence-corrected chi connectivity index (χ0v) is 13.2. The van der Waals surface area contributed by atoms with Crippen LogP contribution in [0.3, 0.4) is 0 Å². The first kappa shape index (κ1) is 14.2. The molecule has 1 aliphatic heterocycles. The van der Waals surface area contributed by atoms with Gasteiger partial charge in [0.1, 0.15) is 5.75 Å². The molecule has 0 unspecified atom stereocenters. The Morgan fingerprint density at radius 3 is 2.74 bits per heavy atom. The summed E-state index contributed by atoms with van der Waals surface area (Å²) in [4.78, 5) is 5.61. The SMILES string of the molecule is CN1CCC(c2c[nH]c3nnc(-c4ccccc4O)cc23)CC1. The Morgan fingerprint density at radius 1 is 1.17 bits per heavy atom. The Hall–Kier alpha value is -2.40. The number of nitrogens with one attached hydrogen (secondary N) is 1. The zero-order chi connectivity index (χ0) is 15.8. The number of para-hydroxylation sites is 1. The van der Waals surface area contributed by atoms with E-state index in [-0.39, 0.29) is 5.75 Å². The number of hydrogen-bond donors (Lipinski definition) is 2. The van der Waals surface area contributed by atoms with Crippen molar-refractivity contribution in [3.8, 4) is 17.0 Å². The van der Waals surface area contributed by atoms with Crippen LogP contribution in [0.5, 0.6) is 5.75 Å². The van der Waals surface area contributed by atoms with E-state index in [0.29, 0.717) is 11.6 Å². The normalized spacial score (nSPS) is 16.9. The number of benzene rings is 1. The van der Waals surface area contributed by atoms with Crippen molar-refractivity contribution in [2.24, 2.45) is 0 Å². The fraction of sp³-hybridized carbons (Fsp3) is 0.333. The van der Waals surface area contributed by atoms with Crippen molar-refractivity contribution in [2.75, 3.05) is 20.1 Å². The molecule has 1 fully saturated rings. The van der Waals surface area contributed by atoms with Crippen LogP contribution < -0.4 is 0 Å². The highest BCUT2D eigenvalue weighted by Crippen LogP contribution is 2.34. The number of aromatic nitrogens is 3. The van der Waals surface area contributed by atoms with Gasteiger partial charge in [0.05, 0.1) is 5.69 Å². The molecule has 1 saturated heterocycles. The number of H-pyrrole nitrogens is 1. The molecule has 5 nitrogen and oxygen atoms in total. The topological polar surface area (TPSA) is 65.0 Å². The van der Waals surface area contributed by atoms with Crippen LogP contribution in [0.4, 0.5) is 0 Å². The molecule has 2 N–H and O–H groups in total. The van der Waals surface area contributed by atoms with E-state index >= 15 is 0 Å². The quantitative estimate of drug-likeness (QED) is 0.763.